The number of carboxylic acid groups (broad SMARTS) is 1. The van der Waals surface area contributed by atoms with Gasteiger partial charge in [-0.05, 0) is 97.5 Å². The first-order valence-corrected chi connectivity index (χ1v) is 12.4. The molecule has 0 radical (unpaired) electrons. The Morgan fingerprint density at radius 2 is 1.65 bits per heavy atom. The van der Waals surface area contributed by atoms with Crippen LogP contribution in [0.25, 0.3) is 0 Å². The molecule has 4 saturated carbocycles. The summed E-state index contributed by atoms with van der Waals surface area (Å²) in [6.45, 7) is 1.54. The fourth-order valence-electron chi connectivity index (χ4n) is 8.43. The number of carboxylic acids is 1. The van der Waals surface area contributed by atoms with Crippen LogP contribution in [0, 0.1) is 23.7 Å². The molecular weight excluding hydrogens is 388 g/mol. The number of nitrogens with one attached hydrogen (secondary N) is 1. The second-order valence-corrected chi connectivity index (χ2v) is 11.3. The van der Waals surface area contributed by atoms with E-state index in [0.29, 0.717) is 17.9 Å². The molecular formula is C26H34N2O3. The molecule has 0 aromatic heterocycles. The van der Waals surface area contributed by atoms with Crippen molar-refractivity contribution in [2.75, 3.05) is 13.1 Å². The number of piperidine rings is 1. The summed E-state index contributed by atoms with van der Waals surface area (Å²) in [5.41, 5.74) is 2.59. The van der Waals surface area contributed by atoms with Gasteiger partial charge in [0.25, 0.3) is 0 Å². The summed E-state index contributed by atoms with van der Waals surface area (Å²) < 4.78 is 0. The standard InChI is InChI=1S/C26H34N2O3/c29-23(30)14-20-15-26(22-4-2-1-3-21(20)22)5-7-28(8-6-26)25(31)27-24-18-10-16-9-17(12-18)13-19(24)11-16/h1-4,16-20,24H,5-15H2,(H,27,31)(H,29,30)/t16?,17?,18?,19?,20-,24?/m0/s1. The second kappa shape index (κ2) is 7.25. The van der Waals surface area contributed by atoms with Crippen molar-refractivity contribution in [1.82, 2.24) is 10.2 Å². The van der Waals surface area contributed by atoms with Gasteiger partial charge >= 0.3 is 12.0 Å². The lowest BCUT2D eigenvalue weighted by molar-refractivity contribution is -0.137. The summed E-state index contributed by atoms with van der Waals surface area (Å²) in [6, 6.07) is 8.95. The first kappa shape index (κ1) is 19.6. The highest BCUT2D eigenvalue weighted by Gasteiger charge is 2.50. The Bertz CT molecular complexity index is 860. The zero-order valence-electron chi connectivity index (χ0n) is 18.3. The molecule has 0 unspecified atom stereocenters. The van der Waals surface area contributed by atoms with Crippen LogP contribution in [0.3, 0.4) is 0 Å². The zero-order chi connectivity index (χ0) is 21.2. The van der Waals surface area contributed by atoms with Crippen molar-refractivity contribution < 1.29 is 14.7 Å². The van der Waals surface area contributed by atoms with Crippen LogP contribution in [0.1, 0.15) is 74.8 Å². The summed E-state index contributed by atoms with van der Waals surface area (Å²) in [4.78, 5) is 26.6. The first-order valence-electron chi connectivity index (χ1n) is 12.4. The quantitative estimate of drug-likeness (QED) is 0.753. The number of aliphatic carboxylic acids is 1. The van der Waals surface area contributed by atoms with E-state index in [2.05, 4.69) is 23.5 Å². The van der Waals surface area contributed by atoms with Gasteiger partial charge in [-0.15, -0.1) is 0 Å². The Morgan fingerprint density at radius 1 is 1.00 bits per heavy atom. The van der Waals surface area contributed by atoms with Crippen LogP contribution >= 0.6 is 0 Å². The molecule has 1 spiro atoms. The van der Waals surface area contributed by atoms with Crippen molar-refractivity contribution in [1.29, 1.82) is 0 Å². The lowest BCUT2D eigenvalue weighted by Crippen LogP contribution is -2.59. The Balaban J connectivity index is 1.12. The molecule has 1 saturated heterocycles. The molecule has 4 bridgehead atoms. The second-order valence-electron chi connectivity index (χ2n) is 11.3. The molecule has 1 aromatic rings. The lowest BCUT2D eigenvalue weighted by atomic mass is 9.54. The average Bonchev–Trinajstić information content (AvgIpc) is 3.03. The van der Waals surface area contributed by atoms with E-state index in [4.69, 9.17) is 0 Å². The van der Waals surface area contributed by atoms with Crippen LogP contribution in [-0.4, -0.2) is 41.1 Å². The summed E-state index contributed by atoms with van der Waals surface area (Å²) in [6.07, 6.45) is 9.72. The molecule has 1 atom stereocenters. The highest BCUT2D eigenvalue weighted by atomic mass is 16.4. The summed E-state index contributed by atoms with van der Waals surface area (Å²) in [7, 11) is 0. The number of hydrogen-bond donors (Lipinski definition) is 2. The SMILES string of the molecule is O=C(O)C[C@H]1CC2(CCN(C(=O)NC3C4CC5CC(C4)CC3C5)CC2)c2ccccc21. The maximum Gasteiger partial charge on any atom is 0.317 e. The molecule has 5 nitrogen and oxygen atoms in total. The third-order valence-corrected chi connectivity index (χ3v) is 9.55. The van der Waals surface area contributed by atoms with E-state index in [1.165, 1.54) is 43.2 Å². The number of amides is 2. The number of likely N-dealkylation sites (tertiary alicyclic amines) is 1. The number of carbonyl (C=O) groups is 2. The van der Waals surface area contributed by atoms with Crippen molar-refractivity contribution in [2.45, 2.75) is 75.2 Å². The largest absolute Gasteiger partial charge is 0.481 e. The molecule has 166 valence electrons. The molecule has 7 rings (SSSR count). The predicted octanol–water partition coefficient (Wildman–Crippen LogP) is 4.52. The van der Waals surface area contributed by atoms with Gasteiger partial charge in [-0.3, -0.25) is 4.79 Å². The van der Waals surface area contributed by atoms with Gasteiger partial charge in [-0.25, -0.2) is 4.79 Å². The highest BCUT2D eigenvalue weighted by Crippen LogP contribution is 2.54. The first-order chi connectivity index (χ1) is 15.0. The molecule has 1 aromatic carbocycles. The third kappa shape index (κ3) is 3.27. The van der Waals surface area contributed by atoms with Gasteiger partial charge in [-0.2, -0.15) is 0 Å². The Morgan fingerprint density at radius 3 is 2.29 bits per heavy atom. The summed E-state index contributed by atoms with van der Waals surface area (Å²) >= 11 is 0. The van der Waals surface area contributed by atoms with Gasteiger partial charge in [0.15, 0.2) is 0 Å². The van der Waals surface area contributed by atoms with Crippen molar-refractivity contribution in [3.8, 4) is 0 Å². The number of carbonyl (C=O) groups excluding carboxylic acids is 1. The van der Waals surface area contributed by atoms with Gasteiger partial charge in [0, 0.05) is 19.1 Å². The highest BCUT2D eigenvalue weighted by molar-refractivity contribution is 5.75. The fourth-order valence-corrected chi connectivity index (χ4v) is 8.43. The van der Waals surface area contributed by atoms with Crippen LogP contribution in [0.4, 0.5) is 4.79 Å². The van der Waals surface area contributed by atoms with Gasteiger partial charge in [-0.1, -0.05) is 24.3 Å². The average molecular weight is 423 g/mol. The van der Waals surface area contributed by atoms with Crippen LogP contribution in [0.15, 0.2) is 24.3 Å². The van der Waals surface area contributed by atoms with Crippen molar-refractivity contribution >= 4 is 12.0 Å². The monoisotopic (exact) mass is 422 g/mol. The van der Waals surface area contributed by atoms with Crippen molar-refractivity contribution in [2.24, 2.45) is 23.7 Å². The number of urea groups is 1. The molecule has 2 amide bonds. The summed E-state index contributed by atoms with van der Waals surface area (Å²) in [5, 5.41) is 12.9. The van der Waals surface area contributed by atoms with Crippen LogP contribution in [0.2, 0.25) is 0 Å². The van der Waals surface area contributed by atoms with Gasteiger partial charge in [0.2, 0.25) is 0 Å². The van der Waals surface area contributed by atoms with E-state index in [1.54, 1.807) is 0 Å². The minimum absolute atomic E-state index is 0.0378. The smallest absolute Gasteiger partial charge is 0.317 e. The maximum absolute atomic E-state index is 13.2. The Kier molecular flexibility index (Phi) is 4.59. The fraction of sp³-hybridized carbons (Fsp3) is 0.692. The van der Waals surface area contributed by atoms with Gasteiger partial charge < -0.3 is 15.3 Å². The van der Waals surface area contributed by atoms with Crippen LogP contribution in [-0.2, 0) is 10.2 Å². The van der Waals surface area contributed by atoms with Gasteiger partial charge in [0.1, 0.15) is 0 Å². The molecule has 5 heteroatoms. The van der Waals surface area contributed by atoms with Crippen molar-refractivity contribution in [3.05, 3.63) is 35.4 Å². The topological polar surface area (TPSA) is 69.6 Å². The number of fused-ring (bicyclic) bond motifs is 2. The van der Waals surface area contributed by atoms with Crippen LogP contribution in [0.5, 0.6) is 0 Å². The third-order valence-electron chi connectivity index (χ3n) is 9.55. The number of rotatable bonds is 3. The Hall–Kier alpha value is -2.04. The lowest BCUT2D eigenvalue weighted by Gasteiger charge is -2.54. The molecule has 5 aliphatic carbocycles. The van der Waals surface area contributed by atoms with E-state index in [0.717, 1.165) is 44.2 Å². The number of nitrogens with zero attached hydrogens (tertiary/aromatic N) is 1. The Labute approximate surface area is 184 Å². The predicted molar refractivity (Wildman–Crippen MR) is 118 cm³/mol. The van der Waals surface area contributed by atoms with E-state index < -0.39 is 5.97 Å². The van der Waals surface area contributed by atoms with E-state index in [9.17, 15) is 14.7 Å². The van der Waals surface area contributed by atoms with E-state index >= 15 is 0 Å². The molecule has 31 heavy (non-hydrogen) atoms. The maximum atomic E-state index is 13.2. The minimum Gasteiger partial charge on any atom is -0.481 e. The zero-order valence-corrected chi connectivity index (χ0v) is 18.3. The molecule has 6 aliphatic rings. The van der Waals surface area contributed by atoms with E-state index in [1.807, 2.05) is 11.0 Å². The van der Waals surface area contributed by atoms with Crippen molar-refractivity contribution in [3.63, 3.8) is 0 Å². The molecule has 1 heterocycles. The van der Waals surface area contributed by atoms with E-state index in [-0.39, 0.29) is 23.8 Å². The molecule has 5 fully saturated rings. The molecule has 2 N–H and O–H groups in total. The van der Waals surface area contributed by atoms with Crippen LogP contribution < -0.4 is 5.32 Å². The van der Waals surface area contributed by atoms with Gasteiger partial charge in [0.05, 0.1) is 6.42 Å². The number of benzene rings is 1. The molecule has 1 aliphatic heterocycles. The normalized spacial score (nSPS) is 37.1. The summed E-state index contributed by atoms with van der Waals surface area (Å²) in [5.74, 6) is 2.63. The minimum atomic E-state index is -0.718. The number of hydrogen-bond acceptors (Lipinski definition) is 2.